The van der Waals surface area contributed by atoms with Crippen LogP contribution in [0.5, 0.6) is 5.75 Å². The van der Waals surface area contributed by atoms with Gasteiger partial charge in [-0.25, -0.2) is 10.4 Å². The molecule has 2 heterocycles. The maximum absolute atomic E-state index is 12.9. The number of hydrogen-bond donors (Lipinski definition) is 2. The molecule has 2 N–H and O–H groups in total. The van der Waals surface area contributed by atoms with Crippen LogP contribution in [0.2, 0.25) is 0 Å². The largest absolute Gasteiger partial charge is 0.506 e. The number of carbonyl (C=O) groups excluding carboxylic acids is 1. The number of nitrogens with zero attached hydrogens (tertiary/aromatic N) is 3. The van der Waals surface area contributed by atoms with Crippen molar-refractivity contribution in [2.24, 2.45) is 5.10 Å². The molecule has 0 saturated heterocycles. The van der Waals surface area contributed by atoms with Gasteiger partial charge in [-0.1, -0.05) is 72.4 Å². The van der Waals surface area contributed by atoms with E-state index in [2.05, 4.69) is 39.2 Å². The summed E-state index contributed by atoms with van der Waals surface area (Å²) in [5.41, 5.74) is 8.64. The quantitative estimate of drug-likeness (QED) is 0.0797. The smallest absolute Gasteiger partial charge is 0.250 e. The Bertz CT molecular complexity index is 1860. The fourth-order valence-corrected chi connectivity index (χ4v) is 6.58. The second-order valence-electron chi connectivity index (χ2n) is 9.87. The summed E-state index contributed by atoms with van der Waals surface area (Å²) in [6.07, 6.45) is 5.39. The zero-order valence-corrected chi connectivity index (χ0v) is 25.4. The minimum Gasteiger partial charge on any atom is -0.506 e. The molecule has 0 unspecified atom stereocenters. The molecule has 0 saturated carbocycles. The van der Waals surface area contributed by atoms with E-state index < -0.39 is 0 Å². The van der Waals surface area contributed by atoms with Crippen molar-refractivity contribution >= 4 is 57.4 Å². The van der Waals surface area contributed by atoms with Gasteiger partial charge in [0.25, 0.3) is 0 Å². The summed E-state index contributed by atoms with van der Waals surface area (Å²) in [5.74, 6) is 0.712. The summed E-state index contributed by atoms with van der Waals surface area (Å²) in [5, 5.41) is 26.4. The first-order chi connectivity index (χ1) is 20.5. The maximum atomic E-state index is 12.9. The number of thioether (sulfide) groups is 1. The minimum absolute atomic E-state index is 0.000316. The topological polar surface area (TPSA) is 112 Å². The Labute approximate surface area is 260 Å². The molecule has 0 aliphatic heterocycles. The minimum atomic E-state index is -0.358. The lowest BCUT2D eigenvalue weighted by atomic mass is 9.94. The van der Waals surface area contributed by atoms with E-state index in [0.29, 0.717) is 19.7 Å². The molecule has 1 aliphatic rings. The summed E-state index contributed by atoms with van der Waals surface area (Å²) in [6.45, 7) is 0. The van der Waals surface area contributed by atoms with Gasteiger partial charge in [0.1, 0.15) is 28.2 Å². The number of phenols is 1. The van der Waals surface area contributed by atoms with Crippen LogP contribution in [0, 0.1) is 14.9 Å². The summed E-state index contributed by atoms with van der Waals surface area (Å²) in [7, 11) is 0. The Kier molecular flexibility index (Phi) is 8.26. The van der Waals surface area contributed by atoms with Crippen molar-refractivity contribution < 1.29 is 14.3 Å². The molecule has 1 aliphatic carbocycles. The molecule has 208 valence electrons. The van der Waals surface area contributed by atoms with E-state index in [1.165, 1.54) is 18.0 Å². The predicted octanol–water partition coefficient (Wildman–Crippen LogP) is 7.46. The lowest BCUT2D eigenvalue weighted by Crippen LogP contribution is -2.20. The fraction of sp³-hybridized carbons (Fsp3) is 0.152. The molecule has 0 bridgehead atoms. The Morgan fingerprint density at radius 3 is 2.55 bits per heavy atom. The number of hydrazone groups is 1. The Balaban J connectivity index is 1.25. The van der Waals surface area contributed by atoms with Gasteiger partial charge in [0.15, 0.2) is 0 Å². The molecule has 6 rings (SSSR count). The van der Waals surface area contributed by atoms with Gasteiger partial charge in [-0.15, -0.1) is 0 Å². The highest BCUT2D eigenvalue weighted by Crippen LogP contribution is 2.39. The molecule has 0 atom stereocenters. The van der Waals surface area contributed by atoms with Gasteiger partial charge in [0, 0.05) is 34.1 Å². The van der Waals surface area contributed by atoms with Gasteiger partial charge >= 0.3 is 0 Å². The summed E-state index contributed by atoms with van der Waals surface area (Å²) < 4.78 is 6.74. The van der Waals surface area contributed by atoms with E-state index in [1.807, 2.05) is 72.8 Å². The Morgan fingerprint density at radius 1 is 1.10 bits per heavy atom. The molecule has 7 nitrogen and oxygen atoms in total. The monoisotopic (exact) mass is 684 g/mol. The third-order valence-electron chi connectivity index (χ3n) is 7.18. The second kappa shape index (κ2) is 12.4. The number of pyridine rings is 1. The zero-order valence-electron chi connectivity index (χ0n) is 22.4. The number of fused-ring (bicyclic) bond motifs is 3. The van der Waals surface area contributed by atoms with Crippen LogP contribution in [0.4, 0.5) is 0 Å². The third kappa shape index (κ3) is 5.65. The Hall–Kier alpha value is -4.14. The highest BCUT2D eigenvalue weighted by molar-refractivity contribution is 14.1. The molecule has 5 aromatic rings. The third-order valence-corrected chi connectivity index (χ3v) is 8.98. The average Bonchev–Trinajstić information content (AvgIpc) is 3.40. The molecule has 0 spiro atoms. The number of aromatic nitrogens is 1. The van der Waals surface area contributed by atoms with Crippen molar-refractivity contribution in [1.82, 2.24) is 10.4 Å². The number of aromatic hydroxyl groups is 1. The van der Waals surface area contributed by atoms with Gasteiger partial charge in [-0.2, -0.15) is 10.4 Å². The van der Waals surface area contributed by atoms with Crippen LogP contribution in [0.15, 0.2) is 87.3 Å². The molecule has 9 heteroatoms. The summed E-state index contributed by atoms with van der Waals surface area (Å²) in [6, 6.07) is 25.5. The first kappa shape index (κ1) is 28.0. The molecule has 1 amide bonds. The molecule has 0 fully saturated rings. The van der Waals surface area contributed by atoms with E-state index in [1.54, 1.807) is 0 Å². The lowest BCUT2D eigenvalue weighted by Gasteiger charge is -2.12. The molecular weight excluding hydrogens is 659 g/mol. The van der Waals surface area contributed by atoms with E-state index >= 15 is 0 Å². The normalized spacial score (nSPS) is 12.8. The number of benzene rings is 3. The average molecular weight is 685 g/mol. The van der Waals surface area contributed by atoms with Crippen molar-refractivity contribution in [2.75, 3.05) is 5.75 Å². The van der Waals surface area contributed by atoms with Crippen LogP contribution in [0.1, 0.15) is 35.3 Å². The standard InChI is InChI=1S/C33H25IN4O3S/c34-26-16-29-31(22-13-7-8-14-28(22)41-29)25(32(26)40)18-36-38-30(39)19-42-33-24(17-35)23(20-9-3-1-4-10-20)15-27(37-33)21-11-5-2-6-12-21/h1-6,9-12,15-16,18,40H,7-8,13-14,19H2,(H,38,39)/b36-18-. The van der Waals surface area contributed by atoms with Gasteiger partial charge in [0.05, 0.1) is 26.8 Å². The molecule has 2 aromatic heterocycles. The SMILES string of the molecule is N#Cc1c(-c2ccccc2)cc(-c2ccccc2)nc1SCC(=O)N/N=C\c1c(O)c(I)cc2oc3c(c12)CCCC3. The number of furan rings is 1. The number of nitriles is 1. The predicted molar refractivity (Wildman–Crippen MR) is 174 cm³/mol. The zero-order chi connectivity index (χ0) is 29.1. The number of halogens is 1. The first-order valence-electron chi connectivity index (χ1n) is 13.5. The number of nitrogens with one attached hydrogen (secondary N) is 1. The Morgan fingerprint density at radius 2 is 1.81 bits per heavy atom. The van der Waals surface area contributed by atoms with Gasteiger partial charge in [0.2, 0.25) is 5.91 Å². The van der Waals surface area contributed by atoms with Crippen molar-refractivity contribution in [3.8, 4) is 34.2 Å². The number of carbonyl (C=O) groups is 1. The van der Waals surface area contributed by atoms with E-state index in [0.717, 1.165) is 70.4 Å². The number of phenolic OH excluding ortho intramolecular Hbond substituents is 1. The molecular formula is C33H25IN4O3S. The number of rotatable bonds is 7. The number of amides is 1. The van der Waals surface area contributed by atoms with Crippen molar-refractivity contribution in [3.63, 3.8) is 0 Å². The van der Waals surface area contributed by atoms with E-state index in [-0.39, 0.29) is 17.4 Å². The van der Waals surface area contributed by atoms with Gasteiger partial charge in [-0.3, -0.25) is 4.79 Å². The van der Waals surface area contributed by atoms with Crippen molar-refractivity contribution in [2.45, 2.75) is 30.7 Å². The van der Waals surface area contributed by atoms with Crippen LogP contribution < -0.4 is 5.43 Å². The maximum Gasteiger partial charge on any atom is 0.250 e. The molecule has 3 aromatic carbocycles. The number of aryl methyl sites for hydroxylation is 2. The molecule has 0 radical (unpaired) electrons. The van der Waals surface area contributed by atoms with E-state index in [4.69, 9.17) is 9.40 Å². The van der Waals surface area contributed by atoms with Crippen LogP contribution in [0.25, 0.3) is 33.4 Å². The number of hydrogen-bond acceptors (Lipinski definition) is 7. The highest BCUT2D eigenvalue weighted by atomic mass is 127. The van der Waals surface area contributed by atoms with Crippen LogP contribution >= 0.6 is 34.4 Å². The second-order valence-corrected chi connectivity index (χ2v) is 12.0. The molecule has 42 heavy (non-hydrogen) atoms. The fourth-order valence-electron chi connectivity index (χ4n) is 5.21. The van der Waals surface area contributed by atoms with Crippen molar-refractivity contribution in [1.29, 1.82) is 5.26 Å². The highest BCUT2D eigenvalue weighted by Gasteiger charge is 2.23. The van der Waals surface area contributed by atoms with Crippen LogP contribution in [-0.4, -0.2) is 28.0 Å². The van der Waals surface area contributed by atoms with Gasteiger partial charge in [-0.05, 0) is 59.5 Å². The van der Waals surface area contributed by atoms with Gasteiger partial charge < -0.3 is 9.52 Å². The van der Waals surface area contributed by atoms with Crippen LogP contribution in [-0.2, 0) is 17.6 Å². The van der Waals surface area contributed by atoms with Crippen LogP contribution in [0.3, 0.4) is 0 Å². The summed E-state index contributed by atoms with van der Waals surface area (Å²) >= 11 is 3.25. The summed E-state index contributed by atoms with van der Waals surface area (Å²) in [4.78, 5) is 17.6. The first-order valence-corrected chi connectivity index (χ1v) is 15.6. The van der Waals surface area contributed by atoms with Crippen molar-refractivity contribution in [3.05, 3.63) is 98.8 Å². The lowest BCUT2D eigenvalue weighted by molar-refractivity contribution is -0.118. The van der Waals surface area contributed by atoms with E-state index in [9.17, 15) is 15.2 Å².